The van der Waals surface area contributed by atoms with Gasteiger partial charge in [-0.15, -0.1) is 0 Å². The van der Waals surface area contributed by atoms with E-state index >= 15 is 0 Å². The summed E-state index contributed by atoms with van der Waals surface area (Å²) in [6, 6.07) is 9.97. The van der Waals surface area contributed by atoms with E-state index in [0.29, 0.717) is 22.1 Å². The first-order valence-electron chi connectivity index (χ1n) is 8.48. The van der Waals surface area contributed by atoms with Gasteiger partial charge in [0.2, 0.25) is 0 Å². The minimum absolute atomic E-state index is 0.0100. The van der Waals surface area contributed by atoms with Crippen LogP contribution in [0.15, 0.2) is 57.8 Å². The number of rotatable bonds is 6. The van der Waals surface area contributed by atoms with E-state index < -0.39 is 18.2 Å². The molecule has 3 aromatic rings. The highest BCUT2D eigenvalue weighted by atomic mass is 19.3. The predicted molar refractivity (Wildman–Crippen MR) is 101 cm³/mol. The summed E-state index contributed by atoms with van der Waals surface area (Å²) < 4.78 is 38.8. The minimum atomic E-state index is -2.91. The molecule has 0 aliphatic rings. The van der Waals surface area contributed by atoms with E-state index in [2.05, 4.69) is 4.74 Å². The summed E-state index contributed by atoms with van der Waals surface area (Å²) >= 11 is 0. The SMILES string of the molecule is Cc1c(O)ccc2c(COC(=O)/C=C/c3ccc(OC(F)F)cc3)cc(=O)oc12. The molecule has 8 heteroatoms. The van der Waals surface area contributed by atoms with Gasteiger partial charge < -0.3 is 19.0 Å². The van der Waals surface area contributed by atoms with Gasteiger partial charge in [-0.1, -0.05) is 12.1 Å². The average Bonchev–Trinajstić information content (AvgIpc) is 2.68. The molecule has 0 atom stereocenters. The van der Waals surface area contributed by atoms with Gasteiger partial charge in [0.05, 0.1) is 0 Å². The Hall–Kier alpha value is -3.68. The number of halogens is 2. The summed E-state index contributed by atoms with van der Waals surface area (Å²) in [6.07, 6.45) is 2.63. The molecule has 0 fully saturated rings. The maximum absolute atomic E-state index is 12.1. The molecule has 150 valence electrons. The second kappa shape index (κ2) is 8.55. The topological polar surface area (TPSA) is 86.0 Å². The molecule has 0 saturated heterocycles. The van der Waals surface area contributed by atoms with Crippen molar-refractivity contribution in [1.82, 2.24) is 0 Å². The smallest absolute Gasteiger partial charge is 0.387 e. The van der Waals surface area contributed by atoms with Crippen LogP contribution in [0.3, 0.4) is 0 Å². The number of fused-ring (bicyclic) bond motifs is 1. The molecule has 1 N–H and O–H groups in total. The Labute approximate surface area is 163 Å². The van der Waals surface area contributed by atoms with Crippen LogP contribution >= 0.6 is 0 Å². The number of phenolic OH excluding ortho intramolecular Hbond substituents is 1. The van der Waals surface area contributed by atoms with E-state index in [1.165, 1.54) is 48.6 Å². The fourth-order valence-electron chi connectivity index (χ4n) is 2.66. The van der Waals surface area contributed by atoms with Crippen molar-refractivity contribution >= 4 is 23.0 Å². The molecule has 29 heavy (non-hydrogen) atoms. The van der Waals surface area contributed by atoms with Crippen LogP contribution in [0.4, 0.5) is 8.78 Å². The Morgan fingerprint density at radius 3 is 2.62 bits per heavy atom. The monoisotopic (exact) mass is 402 g/mol. The number of carbonyl (C=O) groups is 1. The summed E-state index contributed by atoms with van der Waals surface area (Å²) in [5.74, 6) is -0.659. The number of aryl methyl sites for hydroxylation is 1. The van der Waals surface area contributed by atoms with Crippen molar-refractivity contribution < 1.29 is 32.6 Å². The quantitative estimate of drug-likeness (QED) is 0.379. The third kappa shape index (κ3) is 4.98. The molecule has 0 radical (unpaired) electrons. The van der Waals surface area contributed by atoms with Crippen LogP contribution < -0.4 is 10.4 Å². The Balaban J connectivity index is 1.69. The minimum Gasteiger partial charge on any atom is -0.508 e. The van der Waals surface area contributed by atoms with E-state index in [-0.39, 0.29) is 23.7 Å². The second-order valence-corrected chi connectivity index (χ2v) is 6.07. The van der Waals surface area contributed by atoms with Crippen LogP contribution in [-0.4, -0.2) is 17.7 Å². The zero-order valence-corrected chi connectivity index (χ0v) is 15.2. The Bertz CT molecular complexity index is 1120. The fourth-order valence-corrected chi connectivity index (χ4v) is 2.66. The van der Waals surface area contributed by atoms with E-state index in [4.69, 9.17) is 9.15 Å². The number of hydrogen-bond acceptors (Lipinski definition) is 6. The number of phenols is 1. The Morgan fingerprint density at radius 2 is 1.93 bits per heavy atom. The summed E-state index contributed by atoms with van der Waals surface area (Å²) in [4.78, 5) is 23.7. The molecular weight excluding hydrogens is 386 g/mol. The number of benzene rings is 2. The summed E-state index contributed by atoms with van der Waals surface area (Å²) in [7, 11) is 0. The highest BCUT2D eigenvalue weighted by molar-refractivity contribution is 5.88. The highest BCUT2D eigenvalue weighted by Crippen LogP contribution is 2.27. The van der Waals surface area contributed by atoms with Gasteiger partial charge in [-0.3, -0.25) is 0 Å². The van der Waals surface area contributed by atoms with Crippen molar-refractivity contribution in [2.24, 2.45) is 0 Å². The number of ether oxygens (including phenoxy) is 2. The molecular formula is C21H16F2O6. The normalized spacial score (nSPS) is 11.3. The van der Waals surface area contributed by atoms with Crippen molar-refractivity contribution in [3.05, 3.63) is 75.7 Å². The number of hydrogen-bond donors (Lipinski definition) is 1. The summed E-state index contributed by atoms with van der Waals surface area (Å²) in [5, 5.41) is 10.3. The number of esters is 1. The van der Waals surface area contributed by atoms with E-state index in [1.807, 2.05) is 0 Å². The van der Waals surface area contributed by atoms with Crippen LogP contribution in [0.2, 0.25) is 0 Å². The van der Waals surface area contributed by atoms with Crippen molar-refractivity contribution in [1.29, 1.82) is 0 Å². The van der Waals surface area contributed by atoms with Crippen LogP contribution in [0, 0.1) is 6.92 Å². The third-order valence-corrected chi connectivity index (χ3v) is 4.11. The van der Waals surface area contributed by atoms with Crippen LogP contribution in [0.1, 0.15) is 16.7 Å². The van der Waals surface area contributed by atoms with Crippen molar-refractivity contribution in [2.75, 3.05) is 0 Å². The van der Waals surface area contributed by atoms with Gasteiger partial charge in [0.25, 0.3) is 0 Å². The van der Waals surface area contributed by atoms with Crippen LogP contribution in [0.25, 0.3) is 17.0 Å². The average molecular weight is 402 g/mol. The zero-order chi connectivity index (χ0) is 21.0. The molecule has 6 nitrogen and oxygen atoms in total. The van der Waals surface area contributed by atoms with Crippen molar-refractivity contribution in [2.45, 2.75) is 20.1 Å². The Kier molecular flexibility index (Phi) is 5.92. The van der Waals surface area contributed by atoms with Crippen LogP contribution in [0.5, 0.6) is 11.5 Å². The van der Waals surface area contributed by atoms with Crippen molar-refractivity contribution in [3.8, 4) is 11.5 Å². The maximum atomic E-state index is 12.1. The predicted octanol–water partition coefficient (Wildman–Crippen LogP) is 4.17. The Morgan fingerprint density at radius 1 is 1.21 bits per heavy atom. The van der Waals surface area contributed by atoms with Crippen LogP contribution in [-0.2, 0) is 16.1 Å². The molecule has 0 aliphatic carbocycles. The largest absolute Gasteiger partial charge is 0.508 e. The van der Waals surface area contributed by atoms with Gasteiger partial charge >= 0.3 is 18.2 Å². The lowest BCUT2D eigenvalue weighted by molar-refractivity contribution is -0.138. The second-order valence-electron chi connectivity index (χ2n) is 6.07. The lowest BCUT2D eigenvalue weighted by atomic mass is 10.1. The molecule has 0 saturated carbocycles. The van der Waals surface area contributed by atoms with Gasteiger partial charge in [0.15, 0.2) is 0 Å². The molecule has 1 aromatic heterocycles. The number of aromatic hydroxyl groups is 1. The molecule has 0 bridgehead atoms. The summed E-state index contributed by atoms with van der Waals surface area (Å²) in [5.41, 5.74) is 1.03. The van der Waals surface area contributed by atoms with E-state index in [0.717, 1.165) is 0 Å². The van der Waals surface area contributed by atoms with Gasteiger partial charge in [-0.25, -0.2) is 9.59 Å². The molecule has 0 unspecified atom stereocenters. The zero-order valence-electron chi connectivity index (χ0n) is 15.2. The molecule has 0 spiro atoms. The lowest BCUT2D eigenvalue weighted by Gasteiger charge is -2.08. The fraction of sp³-hybridized carbons (Fsp3) is 0.143. The standard InChI is InChI=1S/C21H16F2O6/c1-12-17(24)8-7-16-14(10-19(26)29-20(12)16)11-27-18(25)9-4-13-2-5-15(6-3-13)28-21(22)23/h2-10,21,24H,11H2,1H3/b9-4+. The first-order chi connectivity index (χ1) is 13.8. The number of carbonyl (C=O) groups excluding carboxylic acids is 1. The molecule has 3 rings (SSSR count). The summed E-state index contributed by atoms with van der Waals surface area (Å²) in [6.45, 7) is -1.47. The van der Waals surface area contributed by atoms with Gasteiger partial charge in [0.1, 0.15) is 23.7 Å². The lowest BCUT2D eigenvalue weighted by Crippen LogP contribution is -2.06. The molecule has 0 aliphatic heterocycles. The molecule has 0 amide bonds. The van der Waals surface area contributed by atoms with E-state index in [1.54, 1.807) is 13.0 Å². The molecule has 2 aromatic carbocycles. The first-order valence-corrected chi connectivity index (χ1v) is 8.48. The van der Waals surface area contributed by atoms with E-state index in [9.17, 15) is 23.5 Å². The first kappa shape index (κ1) is 20.1. The third-order valence-electron chi connectivity index (χ3n) is 4.11. The number of alkyl halides is 2. The maximum Gasteiger partial charge on any atom is 0.387 e. The van der Waals surface area contributed by atoms with Gasteiger partial charge in [-0.05, 0) is 42.8 Å². The highest BCUT2D eigenvalue weighted by Gasteiger charge is 2.12. The van der Waals surface area contributed by atoms with Gasteiger partial charge in [0, 0.05) is 28.7 Å². The van der Waals surface area contributed by atoms with Gasteiger partial charge in [-0.2, -0.15) is 8.78 Å². The molecule has 1 heterocycles. The van der Waals surface area contributed by atoms with Crippen molar-refractivity contribution in [3.63, 3.8) is 0 Å².